The van der Waals surface area contributed by atoms with Crippen molar-refractivity contribution in [1.29, 1.82) is 0 Å². The molecule has 0 aliphatic rings. The van der Waals surface area contributed by atoms with Crippen molar-refractivity contribution in [3.05, 3.63) is 34.1 Å². The number of nitrogens with zero attached hydrogens (tertiary/aromatic N) is 1. The van der Waals surface area contributed by atoms with Crippen molar-refractivity contribution in [2.45, 2.75) is 25.8 Å². The lowest BCUT2D eigenvalue weighted by atomic mass is 10.0. The predicted molar refractivity (Wildman–Crippen MR) is 72.3 cm³/mol. The molecule has 0 aromatic heterocycles. The maximum absolute atomic E-state index is 13.1. The summed E-state index contributed by atoms with van der Waals surface area (Å²) in [4.78, 5) is 24.3. The first kappa shape index (κ1) is 15.6. The summed E-state index contributed by atoms with van der Waals surface area (Å²) in [6, 6.07) is 4.05. The topological polar surface area (TPSA) is 57.6 Å². The van der Waals surface area contributed by atoms with Crippen molar-refractivity contribution in [2.75, 3.05) is 7.05 Å². The van der Waals surface area contributed by atoms with Gasteiger partial charge in [-0.25, -0.2) is 9.18 Å². The average molecular weight is 332 g/mol. The van der Waals surface area contributed by atoms with Crippen LogP contribution < -0.4 is 0 Å². The van der Waals surface area contributed by atoms with Crippen molar-refractivity contribution in [1.82, 2.24) is 4.90 Å². The SMILES string of the molecule is CN(C(=O)Cc1cc(F)ccc1Br)C(C)(C)C(=O)O. The Hall–Kier alpha value is -1.43. The number of rotatable bonds is 4. The molecule has 4 nitrogen and oxygen atoms in total. The molecule has 0 heterocycles. The molecule has 0 fully saturated rings. The van der Waals surface area contributed by atoms with Crippen LogP contribution >= 0.6 is 15.9 Å². The van der Waals surface area contributed by atoms with Gasteiger partial charge in [0.25, 0.3) is 0 Å². The number of aliphatic carboxylic acids is 1. The van der Waals surface area contributed by atoms with E-state index in [0.717, 1.165) is 4.90 Å². The van der Waals surface area contributed by atoms with Crippen LogP contribution in [-0.2, 0) is 16.0 Å². The largest absolute Gasteiger partial charge is 0.480 e. The number of carbonyl (C=O) groups excluding carboxylic acids is 1. The van der Waals surface area contributed by atoms with E-state index < -0.39 is 23.2 Å². The van der Waals surface area contributed by atoms with Crippen LogP contribution in [0.4, 0.5) is 4.39 Å². The Morgan fingerprint density at radius 2 is 2.00 bits per heavy atom. The van der Waals surface area contributed by atoms with E-state index in [4.69, 9.17) is 5.11 Å². The van der Waals surface area contributed by atoms with E-state index in [1.165, 1.54) is 39.1 Å². The Kier molecular flexibility index (Phi) is 4.68. The number of likely N-dealkylation sites (N-methyl/N-ethyl adjacent to an activating group) is 1. The maximum atomic E-state index is 13.1. The van der Waals surface area contributed by atoms with Crippen LogP contribution in [-0.4, -0.2) is 34.5 Å². The summed E-state index contributed by atoms with van der Waals surface area (Å²) >= 11 is 3.23. The number of amides is 1. The van der Waals surface area contributed by atoms with E-state index in [-0.39, 0.29) is 6.42 Å². The monoisotopic (exact) mass is 331 g/mol. The number of carboxylic acid groups (broad SMARTS) is 1. The molecule has 0 saturated carbocycles. The molecule has 104 valence electrons. The quantitative estimate of drug-likeness (QED) is 0.921. The van der Waals surface area contributed by atoms with E-state index in [9.17, 15) is 14.0 Å². The first-order valence-electron chi connectivity index (χ1n) is 5.60. The number of carboxylic acids is 1. The Morgan fingerprint density at radius 1 is 1.42 bits per heavy atom. The van der Waals surface area contributed by atoms with E-state index in [0.29, 0.717) is 10.0 Å². The summed E-state index contributed by atoms with van der Waals surface area (Å²) in [5.41, 5.74) is -0.824. The van der Waals surface area contributed by atoms with Crippen LogP contribution in [0.2, 0.25) is 0 Å². The average Bonchev–Trinajstić information content (AvgIpc) is 2.32. The fourth-order valence-electron chi connectivity index (χ4n) is 1.42. The molecule has 0 aliphatic carbocycles. The smallest absolute Gasteiger partial charge is 0.329 e. The van der Waals surface area contributed by atoms with Gasteiger partial charge in [-0.05, 0) is 37.6 Å². The van der Waals surface area contributed by atoms with Crippen molar-refractivity contribution in [3.63, 3.8) is 0 Å². The van der Waals surface area contributed by atoms with E-state index in [1.54, 1.807) is 0 Å². The van der Waals surface area contributed by atoms with Crippen molar-refractivity contribution < 1.29 is 19.1 Å². The van der Waals surface area contributed by atoms with E-state index in [1.807, 2.05) is 0 Å². The molecule has 0 atom stereocenters. The first-order valence-corrected chi connectivity index (χ1v) is 6.39. The summed E-state index contributed by atoms with van der Waals surface area (Å²) in [6.07, 6.45) is -0.0639. The van der Waals surface area contributed by atoms with Gasteiger partial charge in [0.2, 0.25) is 5.91 Å². The molecule has 0 radical (unpaired) electrons. The number of hydrogen-bond donors (Lipinski definition) is 1. The molecule has 19 heavy (non-hydrogen) atoms. The summed E-state index contributed by atoms with van der Waals surface area (Å²) in [7, 11) is 1.42. The third-order valence-electron chi connectivity index (χ3n) is 3.09. The first-order chi connectivity index (χ1) is 8.66. The Morgan fingerprint density at radius 3 is 2.53 bits per heavy atom. The molecule has 0 saturated heterocycles. The molecule has 0 aliphatic heterocycles. The lowest BCUT2D eigenvalue weighted by Gasteiger charge is -2.31. The van der Waals surface area contributed by atoms with Gasteiger partial charge in [0.05, 0.1) is 6.42 Å². The highest BCUT2D eigenvalue weighted by Gasteiger charge is 2.35. The highest BCUT2D eigenvalue weighted by molar-refractivity contribution is 9.10. The van der Waals surface area contributed by atoms with Crippen molar-refractivity contribution in [3.8, 4) is 0 Å². The highest BCUT2D eigenvalue weighted by atomic mass is 79.9. The van der Waals surface area contributed by atoms with E-state index >= 15 is 0 Å². The minimum absolute atomic E-state index is 0.0639. The molecule has 1 rings (SSSR count). The van der Waals surface area contributed by atoms with Gasteiger partial charge in [-0.2, -0.15) is 0 Å². The zero-order valence-corrected chi connectivity index (χ0v) is 12.5. The number of hydrogen-bond acceptors (Lipinski definition) is 2. The van der Waals surface area contributed by atoms with Gasteiger partial charge in [-0.3, -0.25) is 4.79 Å². The van der Waals surface area contributed by atoms with Crippen LogP contribution in [0.25, 0.3) is 0 Å². The highest BCUT2D eigenvalue weighted by Crippen LogP contribution is 2.21. The van der Waals surface area contributed by atoms with Crippen molar-refractivity contribution >= 4 is 27.8 Å². The fraction of sp³-hybridized carbons (Fsp3) is 0.385. The van der Waals surface area contributed by atoms with E-state index in [2.05, 4.69) is 15.9 Å². The Labute approximate surface area is 119 Å². The standard InChI is InChI=1S/C13H15BrFNO3/c1-13(2,12(18)19)16(3)11(17)7-8-6-9(15)4-5-10(8)14/h4-6H,7H2,1-3H3,(H,18,19). The summed E-state index contributed by atoms with van der Waals surface area (Å²) in [5, 5.41) is 9.06. The molecule has 1 amide bonds. The maximum Gasteiger partial charge on any atom is 0.329 e. The van der Waals surface area contributed by atoms with Crippen LogP contribution in [0.15, 0.2) is 22.7 Å². The van der Waals surface area contributed by atoms with Gasteiger partial charge in [0.15, 0.2) is 0 Å². The molecule has 1 N–H and O–H groups in total. The summed E-state index contributed by atoms with van der Waals surface area (Å²) < 4.78 is 13.7. The number of benzene rings is 1. The lowest BCUT2D eigenvalue weighted by Crippen LogP contribution is -2.51. The van der Waals surface area contributed by atoms with Crippen molar-refractivity contribution in [2.24, 2.45) is 0 Å². The zero-order valence-electron chi connectivity index (χ0n) is 10.9. The van der Waals surface area contributed by atoms with Crippen LogP contribution in [0.1, 0.15) is 19.4 Å². The van der Waals surface area contributed by atoms with Gasteiger partial charge in [-0.1, -0.05) is 15.9 Å². The zero-order chi connectivity index (χ0) is 14.8. The second-order valence-electron chi connectivity index (χ2n) is 4.73. The van der Waals surface area contributed by atoms with Gasteiger partial charge in [-0.15, -0.1) is 0 Å². The minimum Gasteiger partial charge on any atom is -0.480 e. The molecular formula is C13H15BrFNO3. The normalized spacial score (nSPS) is 11.2. The summed E-state index contributed by atoms with van der Waals surface area (Å²) in [6.45, 7) is 2.88. The molecule has 0 unspecified atom stereocenters. The Balaban J connectivity index is 2.91. The molecule has 0 spiro atoms. The summed E-state index contributed by atoms with van der Waals surface area (Å²) in [5.74, 6) is -1.92. The van der Waals surface area contributed by atoms with Crippen LogP contribution in [0.3, 0.4) is 0 Å². The second kappa shape index (κ2) is 5.69. The lowest BCUT2D eigenvalue weighted by molar-refractivity contribution is -0.155. The third kappa shape index (κ3) is 3.53. The molecule has 6 heteroatoms. The van der Waals surface area contributed by atoms with Gasteiger partial charge in [0.1, 0.15) is 11.4 Å². The Bertz CT molecular complexity index is 517. The van der Waals surface area contributed by atoms with Gasteiger partial charge >= 0.3 is 5.97 Å². The van der Waals surface area contributed by atoms with Crippen LogP contribution in [0, 0.1) is 5.82 Å². The second-order valence-corrected chi connectivity index (χ2v) is 5.58. The third-order valence-corrected chi connectivity index (χ3v) is 3.86. The number of halogens is 2. The minimum atomic E-state index is -1.31. The molecule has 1 aromatic rings. The fourth-order valence-corrected chi connectivity index (χ4v) is 1.80. The predicted octanol–water partition coefficient (Wildman–Crippen LogP) is 2.45. The van der Waals surface area contributed by atoms with Crippen LogP contribution in [0.5, 0.6) is 0 Å². The molecule has 1 aromatic carbocycles. The molecule has 0 bridgehead atoms. The van der Waals surface area contributed by atoms with Gasteiger partial charge < -0.3 is 10.0 Å². The van der Waals surface area contributed by atoms with Gasteiger partial charge in [0, 0.05) is 11.5 Å². The molecular weight excluding hydrogens is 317 g/mol. The number of carbonyl (C=O) groups is 2.